The smallest absolute Gasteiger partial charge is 0.241 e. The van der Waals surface area contributed by atoms with Crippen molar-refractivity contribution in [1.29, 1.82) is 0 Å². The highest BCUT2D eigenvalue weighted by molar-refractivity contribution is 5.91. The molecule has 0 bridgehead atoms. The summed E-state index contributed by atoms with van der Waals surface area (Å²) in [4.78, 5) is 14.7. The van der Waals surface area contributed by atoms with Crippen molar-refractivity contribution in [3.05, 3.63) is 59.2 Å². The molecule has 1 N–H and O–H groups in total. The van der Waals surface area contributed by atoms with Crippen LogP contribution < -0.4 is 19.7 Å². The van der Waals surface area contributed by atoms with E-state index in [9.17, 15) is 4.79 Å². The van der Waals surface area contributed by atoms with E-state index in [2.05, 4.69) is 68.3 Å². The zero-order valence-corrected chi connectivity index (χ0v) is 18.4. The van der Waals surface area contributed by atoms with Crippen molar-refractivity contribution in [3.8, 4) is 11.5 Å². The summed E-state index contributed by atoms with van der Waals surface area (Å²) in [6, 6.07) is 12.4. The Morgan fingerprint density at radius 1 is 1.17 bits per heavy atom. The van der Waals surface area contributed by atoms with Crippen LogP contribution in [0.15, 0.2) is 42.5 Å². The fourth-order valence-electron chi connectivity index (χ4n) is 4.62. The molecule has 158 valence electrons. The zero-order chi connectivity index (χ0) is 21.5. The van der Waals surface area contributed by atoms with Crippen LogP contribution in [0.2, 0.25) is 0 Å². The molecule has 5 heteroatoms. The number of nitrogens with one attached hydrogen (secondary N) is 1. The lowest BCUT2D eigenvalue weighted by atomic mass is 9.75. The Hall–Kier alpha value is -2.95. The lowest BCUT2D eigenvalue weighted by Crippen LogP contribution is -2.58. The number of nitrogens with zero attached hydrogens (tertiary/aromatic N) is 1. The van der Waals surface area contributed by atoms with Crippen LogP contribution in [0, 0.1) is 6.92 Å². The van der Waals surface area contributed by atoms with Gasteiger partial charge in [0.1, 0.15) is 5.66 Å². The van der Waals surface area contributed by atoms with E-state index >= 15 is 0 Å². The van der Waals surface area contributed by atoms with Crippen molar-refractivity contribution in [2.24, 2.45) is 0 Å². The summed E-state index contributed by atoms with van der Waals surface area (Å²) >= 11 is 0. The number of hydrogen-bond donors (Lipinski definition) is 1. The molecule has 1 unspecified atom stereocenters. The third-order valence-electron chi connectivity index (χ3n) is 6.29. The standard InChI is InChI=1S/C25H30N2O3/c1-6-13-30-21-10-8-18(15-22(21)29-5)11-12-25-24(3,4)19-14-17(2)7-9-20(19)27(25)16-23(28)26-25/h7-12,14-15H,6,13,16H2,1-5H3,(H,26,28)/b12-11+. The van der Waals surface area contributed by atoms with Crippen LogP contribution in [0.25, 0.3) is 6.08 Å². The number of ether oxygens (including phenoxy) is 2. The van der Waals surface area contributed by atoms with Gasteiger partial charge in [-0.25, -0.2) is 0 Å². The van der Waals surface area contributed by atoms with E-state index < -0.39 is 5.66 Å². The summed E-state index contributed by atoms with van der Waals surface area (Å²) < 4.78 is 11.3. The van der Waals surface area contributed by atoms with Crippen LogP contribution in [-0.2, 0) is 10.2 Å². The van der Waals surface area contributed by atoms with Gasteiger partial charge in [0.2, 0.25) is 5.91 Å². The summed E-state index contributed by atoms with van der Waals surface area (Å²) in [6.45, 7) is 9.59. The van der Waals surface area contributed by atoms with E-state index in [1.165, 1.54) is 11.1 Å². The highest BCUT2D eigenvalue weighted by atomic mass is 16.5. The van der Waals surface area contributed by atoms with Crippen molar-refractivity contribution in [2.45, 2.75) is 45.2 Å². The van der Waals surface area contributed by atoms with Crippen LogP contribution in [0.3, 0.4) is 0 Å². The molecular weight excluding hydrogens is 376 g/mol. The van der Waals surface area contributed by atoms with Crippen molar-refractivity contribution < 1.29 is 14.3 Å². The van der Waals surface area contributed by atoms with Gasteiger partial charge in [0.25, 0.3) is 0 Å². The number of carbonyl (C=O) groups is 1. The van der Waals surface area contributed by atoms with Gasteiger partial charge in [-0.2, -0.15) is 0 Å². The van der Waals surface area contributed by atoms with Gasteiger partial charge in [0.15, 0.2) is 11.5 Å². The highest BCUT2D eigenvalue weighted by Crippen LogP contribution is 2.53. The molecule has 0 spiro atoms. The molecule has 1 atom stereocenters. The van der Waals surface area contributed by atoms with E-state index in [-0.39, 0.29) is 11.3 Å². The van der Waals surface area contributed by atoms with E-state index in [1.54, 1.807) is 7.11 Å². The highest BCUT2D eigenvalue weighted by Gasteiger charge is 2.59. The molecule has 0 radical (unpaired) electrons. The summed E-state index contributed by atoms with van der Waals surface area (Å²) in [5, 5.41) is 3.27. The summed E-state index contributed by atoms with van der Waals surface area (Å²) in [5.41, 5.74) is 3.70. The number of aryl methyl sites for hydroxylation is 1. The zero-order valence-electron chi connectivity index (χ0n) is 18.4. The largest absolute Gasteiger partial charge is 0.493 e. The number of anilines is 1. The molecule has 2 aliphatic rings. The predicted octanol–water partition coefficient (Wildman–Crippen LogP) is 4.43. The Kier molecular flexibility index (Phi) is 5.00. The average molecular weight is 407 g/mol. The van der Waals surface area contributed by atoms with Crippen LogP contribution >= 0.6 is 0 Å². The number of benzene rings is 2. The fraction of sp³-hybridized carbons (Fsp3) is 0.400. The van der Waals surface area contributed by atoms with Crippen molar-refractivity contribution >= 4 is 17.7 Å². The van der Waals surface area contributed by atoms with Gasteiger partial charge in [0.05, 0.1) is 20.3 Å². The first kappa shape index (κ1) is 20.3. The number of methoxy groups -OCH3 is 1. The monoisotopic (exact) mass is 406 g/mol. The second kappa shape index (κ2) is 7.38. The van der Waals surface area contributed by atoms with E-state index in [0.29, 0.717) is 18.9 Å². The van der Waals surface area contributed by atoms with Gasteiger partial charge < -0.3 is 19.7 Å². The first-order valence-corrected chi connectivity index (χ1v) is 10.5. The first-order chi connectivity index (χ1) is 14.3. The number of rotatable bonds is 6. The van der Waals surface area contributed by atoms with Crippen molar-refractivity contribution in [2.75, 3.05) is 25.2 Å². The van der Waals surface area contributed by atoms with Crippen molar-refractivity contribution in [1.82, 2.24) is 5.32 Å². The Balaban J connectivity index is 1.72. The predicted molar refractivity (Wildman–Crippen MR) is 120 cm³/mol. The van der Waals surface area contributed by atoms with E-state index in [4.69, 9.17) is 9.47 Å². The van der Waals surface area contributed by atoms with Gasteiger partial charge >= 0.3 is 0 Å². The lowest BCUT2D eigenvalue weighted by Gasteiger charge is -2.40. The molecule has 0 aromatic heterocycles. The summed E-state index contributed by atoms with van der Waals surface area (Å²) in [7, 11) is 1.65. The Morgan fingerprint density at radius 2 is 1.97 bits per heavy atom. The molecule has 1 amide bonds. The van der Waals surface area contributed by atoms with E-state index in [0.717, 1.165) is 23.4 Å². The van der Waals surface area contributed by atoms with Gasteiger partial charge in [-0.1, -0.05) is 50.6 Å². The minimum absolute atomic E-state index is 0.0415. The molecule has 4 rings (SSSR count). The SMILES string of the molecule is CCCOc1ccc(/C=C/C23NC(=O)CN2c2ccc(C)cc2C3(C)C)cc1OC. The number of hydrogen-bond acceptors (Lipinski definition) is 4. The molecule has 1 fully saturated rings. The van der Waals surface area contributed by atoms with Crippen LogP contribution in [0.1, 0.15) is 43.9 Å². The molecule has 5 nitrogen and oxygen atoms in total. The van der Waals surface area contributed by atoms with Crippen LogP contribution in [-0.4, -0.2) is 31.8 Å². The van der Waals surface area contributed by atoms with Crippen LogP contribution in [0.4, 0.5) is 5.69 Å². The van der Waals surface area contributed by atoms with Gasteiger partial charge in [-0.15, -0.1) is 0 Å². The van der Waals surface area contributed by atoms with Gasteiger partial charge in [0, 0.05) is 11.1 Å². The topological polar surface area (TPSA) is 50.8 Å². The average Bonchev–Trinajstić information content (AvgIpc) is 3.15. The quantitative estimate of drug-likeness (QED) is 0.771. The summed E-state index contributed by atoms with van der Waals surface area (Å²) in [6.07, 6.45) is 5.12. The maximum atomic E-state index is 12.5. The minimum Gasteiger partial charge on any atom is -0.493 e. The lowest BCUT2D eigenvalue weighted by molar-refractivity contribution is -0.118. The Bertz CT molecular complexity index is 1010. The maximum Gasteiger partial charge on any atom is 0.241 e. The molecule has 1 saturated heterocycles. The Labute approximate surface area is 178 Å². The van der Waals surface area contributed by atoms with Gasteiger partial charge in [-0.3, -0.25) is 4.79 Å². The summed E-state index contributed by atoms with van der Waals surface area (Å²) in [5.74, 6) is 1.49. The molecule has 0 aliphatic carbocycles. The van der Waals surface area contributed by atoms with Gasteiger partial charge in [-0.05, 0) is 48.7 Å². The Morgan fingerprint density at radius 3 is 2.70 bits per heavy atom. The molecule has 2 aromatic carbocycles. The third kappa shape index (κ3) is 3.04. The fourth-order valence-corrected chi connectivity index (χ4v) is 4.62. The molecule has 2 aliphatic heterocycles. The van der Waals surface area contributed by atoms with E-state index in [1.807, 2.05) is 18.2 Å². The molecule has 0 saturated carbocycles. The normalized spacial score (nSPS) is 21.5. The number of carbonyl (C=O) groups excluding carboxylic acids is 1. The molecule has 2 aromatic rings. The molecule has 2 heterocycles. The second-order valence-electron chi connectivity index (χ2n) is 8.64. The minimum atomic E-state index is -0.606. The third-order valence-corrected chi connectivity index (χ3v) is 6.29. The maximum absolute atomic E-state index is 12.5. The molecule has 30 heavy (non-hydrogen) atoms. The van der Waals surface area contributed by atoms with Crippen LogP contribution in [0.5, 0.6) is 11.5 Å². The molecular formula is C25H30N2O3. The number of fused-ring (bicyclic) bond motifs is 3. The second-order valence-corrected chi connectivity index (χ2v) is 8.64. The van der Waals surface area contributed by atoms with Crippen molar-refractivity contribution in [3.63, 3.8) is 0 Å². The first-order valence-electron chi connectivity index (χ1n) is 10.5. The number of amides is 1.